The topological polar surface area (TPSA) is 47.6 Å². The molecule has 1 aromatic rings. The van der Waals surface area contributed by atoms with E-state index >= 15 is 0 Å². The summed E-state index contributed by atoms with van der Waals surface area (Å²) < 4.78 is 10.2. The van der Waals surface area contributed by atoms with Crippen molar-refractivity contribution in [2.45, 2.75) is 38.7 Å². The fourth-order valence-electron chi connectivity index (χ4n) is 1.65. The highest BCUT2D eigenvalue weighted by Gasteiger charge is 2.17. The van der Waals surface area contributed by atoms with Gasteiger partial charge in [0.25, 0.3) is 0 Å². The molecule has 0 amide bonds. The molecule has 0 aliphatic heterocycles. The molecule has 5 heteroatoms. The Labute approximate surface area is 134 Å². The molecule has 0 aromatic heterocycles. The van der Waals surface area contributed by atoms with Crippen LogP contribution >= 0.6 is 0 Å². The van der Waals surface area contributed by atoms with Crippen LogP contribution in [0.25, 0.3) is 0 Å². The molecule has 0 saturated carbocycles. The number of methoxy groups -OCH3 is 1. The van der Waals surface area contributed by atoms with E-state index in [0.717, 1.165) is 17.5 Å². The Morgan fingerprint density at radius 1 is 1.27 bits per heavy atom. The molecule has 0 bridgehead atoms. The van der Waals surface area contributed by atoms with Gasteiger partial charge in [0.2, 0.25) is 0 Å². The first-order valence-corrected chi connectivity index (χ1v) is 11.1. The Kier molecular flexibility index (Phi) is 7.00. The summed E-state index contributed by atoms with van der Waals surface area (Å²) in [4.78, 5) is 12.0. The second-order valence-electron chi connectivity index (χ2n) is 6.12. The van der Waals surface area contributed by atoms with E-state index in [4.69, 9.17) is 9.47 Å². The first-order valence-electron chi connectivity index (χ1n) is 7.41. The summed E-state index contributed by atoms with van der Waals surface area (Å²) >= 11 is 0. The van der Waals surface area contributed by atoms with Crippen molar-refractivity contribution < 1.29 is 14.3 Å². The fourth-order valence-corrected chi connectivity index (χ4v) is 2.28. The Hall–Kier alpha value is -1.93. The summed E-state index contributed by atoms with van der Waals surface area (Å²) in [7, 11) is 0.365. The van der Waals surface area contributed by atoms with Gasteiger partial charge in [-0.2, -0.15) is 0 Å². The van der Waals surface area contributed by atoms with Crippen molar-refractivity contribution in [3.8, 4) is 17.6 Å². The Morgan fingerprint density at radius 3 is 2.41 bits per heavy atom. The number of rotatable bonds is 6. The summed E-state index contributed by atoms with van der Waals surface area (Å²) in [6.07, 6.45) is 0. The highest BCUT2D eigenvalue weighted by atomic mass is 28.3. The third-order valence-electron chi connectivity index (χ3n) is 2.79. The number of ether oxygens (including phenoxy) is 2. The van der Waals surface area contributed by atoms with Gasteiger partial charge in [-0.05, 0) is 31.2 Å². The normalized spacial score (nSPS) is 11.9. The maximum absolute atomic E-state index is 12.0. The third-order valence-corrected chi connectivity index (χ3v) is 4.03. The molecule has 1 aromatic carbocycles. The van der Waals surface area contributed by atoms with E-state index in [1.165, 1.54) is 0 Å². The maximum atomic E-state index is 12.0. The largest absolute Gasteiger partial charge is 0.497 e. The number of nitrogens with one attached hydrogen (secondary N) is 1. The molecule has 120 valence electrons. The second kappa shape index (κ2) is 8.50. The molecule has 1 atom stereocenters. The summed E-state index contributed by atoms with van der Waals surface area (Å²) in [6, 6.07) is 7.58. The van der Waals surface area contributed by atoms with Gasteiger partial charge >= 0.3 is 5.97 Å². The molecule has 0 aliphatic carbocycles. The lowest BCUT2D eigenvalue weighted by Gasteiger charge is -2.14. The van der Waals surface area contributed by atoms with Crippen LogP contribution in [0.1, 0.15) is 6.92 Å². The minimum absolute atomic E-state index is 0.343. The molecule has 1 unspecified atom stereocenters. The monoisotopic (exact) mass is 319 g/mol. The Morgan fingerprint density at radius 2 is 1.91 bits per heavy atom. The van der Waals surface area contributed by atoms with Crippen LogP contribution in [-0.4, -0.2) is 33.8 Å². The fraction of sp³-hybridized carbons (Fsp3) is 0.471. The first kappa shape index (κ1) is 18.1. The lowest BCUT2D eigenvalue weighted by Crippen LogP contribution is -2.30. The van der Waals surface area contributed by atoms with Crippen molar-refractivity contribution >= 4 is 19.7 Å². The summed E-state index contributed by atoms with van der Waals surface area (Å²) in [5, 5.41) is 3.11. The van der Waals surface area contributed by atoms with Crippen LogP contribution in [-0.2, 0) is 9.53 Å². The number of benzene rings is 1. The van der Waals surface area contributed by atoms with Gasteiger partial charge in [-0.25, -0.2) is 4.79 Å². The molecule has 4 nitrogen and oxygen atoms in total. The van der Waals surface area contributed by atoms with E-state index in [1.807, 2.05) is 24.3 Å². The maximum Gasteiger partial charge on any atom is 0.341 e. The number of carbonyl (C=O) groups excluding carboxylic acids is 1. The summed E-state index contributed by atoms with van der Waals surface area (Å²) in [5.41, 5.74) is 0.807. The predicted octanol–water partition coefficient (Wildman–Crippen LogP) is 3.38. The molecule has 22 heavy (non-hydrogen) atoms. The van der Waals surface area contributed by atoms with Crippen LogP contribution in [0.5, 0.6) is 5.75 Å². The summed E-state index contributed by atoms with van der Waals surface area (Å²) in [5.74, 6) is 6.56. The van der Waals surface area contributed by atoms with Crippen molar-refractivity contribution in [3.63, 3.8) is 0 Å². The molecule has 0 radical (unpaired) electrons. The van der Waals surface area contributed by atoms with E-state index in [1.54, 1.807) is 14.0 Å². The zero-order valence-corrected chi connectivity index (χ0v) is 15.0. The van der Waals surface area contributed by atoms with Gasteiger partial charge in [0.05, 0.1) is 21.8 Å². The lowest BCUT2D eigenvalue weighted by molar-refractivity contribution is -0.142. The SMILES string of the molecule is CCOC(=O)C(C#CC[Si](C)(C)C)Nc1ccc(OC)cc1. The lowest BCUT2D eigenvalue weighted by atomic mass is 10.2. The van der Waals surface area contributed by atoms with E-state index in [9.17, 15) is 4.79 Å². The van der Waals surface area contributed by atoms with Gasteiger partial charge < -0.3 is 14.8 Å². The molecule has 0 fully saturated rings. The van der Waals surface area contributed by atoms with Crippen LogP contribution in [0.4, 0.5) is 5.69 Å². The van der Waals surface area contributed by atoms with E-state index in [0.29, 0.717) is 6.61 Å². The molecule has 1 N–H and O–H groups in total. The number of hydrogen-bond donors (Lipinski definition) is 1. The van der Waals surface area contributed by atoms with Gasteiger partial charge in [0, 0.05) is 11.7 Å². The average Bonchev–Trinajstić information content (AvgIpc) is 2.46. The zero-order valence-electron chi connectivity index (χ0n) is 14.0. The van der Waals surface area contributed by atoms with E-state index in [-0.39, 0.29) is 5.97 Å². The Bertz CT molecular complexity index is 538. The molecular weight excluding hydrogens is 294 g/mol. The highest BCUT2D eigenvalue weighted by molar-refractivity contribution is 6.76. The van der Waals surface area contributed by atoms with E-state index in [2.05, 4.69) is 36.8 Å². The molecule has 0 heterocycles. The first-order chi connectivity index (χ1) is 10.4. The molecule has 1 rings (SSSR count). The van der Waals surface area contributed by atoms with Crippen molar-refractivity contribution in [1.82, 2.24) is 0 Å². The highest BCUT2D eigenvalue weighted by Crippen LogP contribution is 2.16. The zero-order chi connectivity index (χ0) is 16.6. The number of hydrogen-bond acceptors (Lipinski definition) is 4. The molecule has 0 spiro atoms. The van der Waals surface area contributed by atoms with Gasteiger partial charge in [0.15, 0.2) is 6.04 Å². The number of anilines is 1. The van der Waals surface area contributed by atoms with Gasteiger partial charge in [-0.15, -0.1) is 5.92 Å². The second-order valence-corrected chi connectivity index (χ2v) is 11.6. The van der Waals surface area contributed by atoms with Crippen LogP contribution in [0.15, 0.2) is 24.3 Å². The van der Waals surface area contributed by atoms with Gasteiger partial charge in [-0.3, -0.25) is 0 Å². The predicted molar refractivity (Wildman–Crippen MR) is 93.0 cm³/mol. The van der Waals surface area contributed by atoms with Crippen LogP contribution in [0, 0.1) is 11.8 Å². The smallest absolute Gasteiger partial charge is 0.341 e. The van der Waals surface area contributed by atoms with Crippen LogP contribution in [0.2, 0.25) is 25.7 Å². The van der Waals surface area contributed by atoms with Crippen molar-refractivity contribution in [3.05, 3.63) is 24.3 Å². The van der Waals surface area contributed by atoms with Gasteiger partial charge in [-0.1, -0.05) is 25.6 Å². The van der Waals surface area contributed by atoms with Crippen molar-refractivity contribution in [2.24, 2.45) is 0 Å². The standard InChI is InChI=1S/C17H25NO3Si/c1-6-21-17(19)16(8-7-13-22(3,4)5)18-14-9-11-15(20-2)12-10-14/h9-12,16,18H,6,13H2,1-5H3. The Balaban J connectivity index is 2.82. The quantitative estimate of drug-likeness (QED) is 0.496. The molecule has 0 aliphatic rings. The molecule has 0 saturated heterocycles. The minimum atomic E-state index is -1.25. The van der Waals surface area contributed by atoms with Crippen molar-refractivity contribution in [1.29, 1.82) is 0 Å². The summed E-state index contributed by atoms with van der Waals surface area (Å²) in [6.45, 7) is 8.88. The average molecular weight is 319 g/mol. The molecular formula is C17H25NO3Si. The van der Waals surface area contributed by atoms with Gasteiger partial charge in [0.1, 0.15) is 5.75 Å². The number of carbonyl (C=O) groups is 1. The van der Waals surface area contributed by atoms with Crippen LogP contribution < -0.4 is 10.1 Å². The van der Waals surface area contributed by atoms with E-state index < -0.39 is 14.1 Å². The minimum Gasteiger partial charge on any atom is -0.497 e. The van der Waals surface area contributed by atoms with Crippen molar-refractivity contribution in [2.75, 3.05) is 19.0 Å². The van der Waals surface area contributed by atoms with Crippen LogP contribution in [0.3, 0.4) is 0 Å². The third kappa shape index (κ3) is 6.68. The number of esters is 1.